The molecule has 2 fully saturated rings. The Morgan fingerprint density at radius 2 is 2.30 bits per heavy atom. The molecule has 6 heteroatoms. The topological polar surface area (TPSA) is 62.5 Å². The molecule has 3 heterocycles. The van der Waals surface area contributed by atoms with E-state index in [0.29, 0.717) is 17.0 Å². The van der Waals surface area contributed by atoms with Crippen molar-refractivity contribution in [1.29, 1.82) is 0 Å². The van der Waals surface area contributed by atoms with Crippen LogP contribution in [0.1, 0.15) is 30.6 Å². The molecule has 5 nitrogen and oxygen atoms in total. The van der Waals surface area contributed by atoms with Gasteiger partial charge in [0.15, 0.2) is 5.13 Å². The molecule has 2 aliphatic heterocycles. The number of rotatable bonds is 4. The molecule has 2 saturated heterocycles. The van der Waals surface area contributed by atoms with Crippen LogP contribution in [0.3, 0.4) is 0 Å². The zero-order chi connectivity index (χ0) is 13.9. The molecule has 1 unspecified atom stereocenters. The molecule has 1 amide bonds. The lowest BCUT2D eigenvalue weighted by atomic mass is 9.97. The third-order valence-corrected chi connectivity index (χ3v) is 5.02. The maximum Gasteiger partial charge on any atom is 0.222 e. The molecule has 0 aromatic carbocycles. The molecular formula is C14H22N4OS. The summed E-state index contributed by atoms with van der Waals surface area (Å²) in [5, 5.41) is 0.649. The first-order valence-electron chi connectivity index (χ1n) is 7.41. The Morgan fingerprint density at radius 1 is 1.40 bits per heavy atom. The lowest BCUT2D eigenvalue weighted by Crippen LogP contribution is -2.40. The zero-order valence-corrected chi connectivity index (χ0v) is 12.6. The molecule has 0 saturated carbocycles. The number of amides is 1. The van der Waals surface area contributed by atoms with E-state index in [0.717, 1.165) is 45.6 Å². The minimum absolute atomic E-state index is 0.345. The lowest BCUT2D eigenvalue weighted by molar-refractivity contribution is -0.128. The summed E-state index contributed by atoms with van der Waals surface area (Å²) in [4.78, 5) is 21.6. The Kier molecular flexibility index (Phi) is 4.21. The number of piperidine rings is 1. The summed E-state index contributed by atoms with van der Waals surface area (Å²) < 4.78 is 0. The summed E-state index contributed by atoms with van der Waals surface area (Å²) >= 11 is 1.58. The van der Waals surface area contributed by atoms with E-state index in [1.54, 1.807) is 11.3 Å². The van der Waals surface area contributed by atoms with Gasteiger partial charge in [-0.3, -0.25) is 9.69 Å². The summed E-state index contributed by atoms with van der Waals surface area (Å²) in [5.41, 5.74) is 5.68. The Bertz CT molecular complexity index is 475. The highest BCUT2D eigenvalue weighted by Crippen LogP contribution is 2.23. The predicted molar refractivity (Wildman–Crippen MR) is 80.3 cm³/mol. The van der Waals surface area contributed by atoms with Gasteiger partial charge in [0.05, 0.1) is 0 Å². The molecule has 2 aliphatic rings. The molecule has 0 aliphatic carbocycles. The second-order valence-electron chi connectivity index (χ2n) is 5.85. The normalized spacial score (nSPS) is 24.5. The van der Waals surface area contributed by atoms with E-state index >= 15 is 0 Å². The van der Waals surface area contributed by atoms with Gasteiger partial charge in [-0.25, -0.2) is 4.98 Å². The molecule has 0 radical (unpaired) electrons. The van der Waals surface area contributed by atoms with Crippen LogP contribution in [0.25, 0.3) is 0 Å². The number of nitrogen functional groups attached to an aromatic ring is 1. The number of carbonyl (C=O) groups excluding carboxylic acids is 1. The van der Waals surface area contributed by atoms with Gasteiger partial charge in [0.1, 0.15) is 0 Å². The van der Waals surface area contributed by atoms with Gasteiger partial charge in [-0.2, -0.15) is 0 Å². The molecule has 0 bridgehead atoms. The van der Waals surface area contributed by atoms with Crippen molar-refractivity contribution >= 4 is 22.4 Å². The van der Waals surface area contributed by atoms with Crippen molar-refractivity contribution in [3.63, 3.8) is 0 Å². The molecule has 1 aromatic heterocycles. The van der Waals surface area contributed by atoms with Gasteiger partial charge in [0.25, 0.3) is 0 Å². The first-order valence-corrected chi connectivity index (χ1v) is 8.22. The van der Waals surface area contributed by atoms with Gasteiger partial charge in [-0.1, -0.05) is 0 Å². The summed E-state index contributed by atoms with van der Waals surface area (Å²) in [7, 11) is 0. The van der Waals surface area contributed by atoms with Crippen molar-refractivity contribution in [1.82, 2.24) is 14.8 Å². The Morgan fingerprint density at radius 3 is 3.00 bits per heavy atom. The summed E-state index contributed by atoms with van der Waals surface area (Å²) in [6.07, 6.45) is 6.13. The molecule has 1 aromatic rings. The van der Waals surface area contributed by atoms with Crippen LogP contribution >= 0.6 is 11.3 Å². The number of anilines is 1. The van der Waals surface area contributed by atoms with E-state index in [1.165, 1.54) is 17.7 Å². The van der Waals surface area contributed by atoms with E-state index in [1.807, 2.05) is 6.20 Å². The van der Waals surface area contributed by atoms with Gasteiger partial charge >= 0.3 is 0 Å². The van der Waals surface area contributed by atoms with E-state index < -0.39 is 0 Å². The molecule has 0 spiro atoms. The zero-order valence-electron chi connectivity index (χ0n) is 11.8. The van der Waals surface area contributed by atoms with Crippen molar-refractivity contribution in [3.8, 4) is 0 Å². The Hall–Kier alpha value is -1.14. The third kappa shape index (κ3) is 3.30. The second-order valence-corrected chi connectivity index (χ2v) is 7.00. The van der Waals surface area contributed by atoms with Gasteiger partial charge in [-0.15, -0.1) is 11.3 Å². The summed E-state index contributed by atoms with van der Waals surface area (Å²) in [6.45, 7) is 5.07. The van der Waals surface area contributed by atoms with E-state index in [4.69, 9.17) is 5.73 Å². The molecular weight excluding hydrogens is 272 g/mol. The van der Waals surface area contributed by atoms with Crippen LogP contribution in [-0.4, -0.2) is 46.9 Å². The molecule has 1 atom stereocenters. The second kappa shape index (κ2) is 6.10. The van der Waals surface area contributed by atoms with Crippen LogP contribution in [-0.2, 0) is 11.3 Å². The van der Waals surface area contributed by atoms with E-state index in [9.17, 15) is 4.79 Å². The Labute approximate surface area is 123 Å². The average molecular weight is 294 g/mol. The number of thiazole rings is 1. The fraction of sp³-hybridized carbons (Fsp3) is 0.714. The molecule has 2 N–H and O–H groups in total. The summed E-state index contributed by atoms with van der Waals surface area (Å²) in [6, 6.07) is 0. The standard InChI is InChI=1S/C14H22N4OS/c15-14-16-7-12(20-14)10-17-5-1-3-11(8-17)9-18-6-2-4-13(18)19/h7,11H,1-6,8-10H2,(H2,15,16). The Balaban J connectivity index is 1.52. The first-order chi connectivity index (χ1) is 9.70. The number of nitrogens with two attached hydrogens (primary N) is 1. The maximum absolute atomic E-state index is 11.7. The number of hydrogen-bond acceptors (Lipinski definition) is 5. The molecule has 20 heavy (non-hydrogen) atoms. The number of hydrogen-bond donors (Lipinski definition) is 1. The van der Waals surface area contributed by atoms with E-state index in [-0.39, 0.29) is 0 Å². The highest BCUT2D eigenvalue weighted by Gasteiger charge is 2.26. The van der Waals surface area contributed by atoms with Crippen LogP contribution in [0.4, 0.5) is 5.13 Å². The molecule has 3 rings (SSSR count). The van der Waals surface area contributed by atoms with E-state index in [2.05, 4.69) is 14.8 Å². The first kappa shape index (κ1) is 13.8. The monoisotopic (exact) mass is 294 g/mol. The lowest BCUT2D eigenvalue weighted by Gasteiger charge is -2.34. The van der Waals surface area contributed by atoms with Gasteiger partial charge in [-0.05, 0) is 31.7 Å². The van der Waals surface area contributed by atoms with Crippen molar-refractivity contribution in [2.24, 2.45) is 5.92 Å². The number of nitrogens with zero attached hydrogens (tertiary/aromatic N) is 3. The van der Waals surface area contributed by atoms with Gasteiger partial charge < -0.3 is 10.6 Å². The molecule has 110 valence electrons. The third-order valence-electron chi connectivity index (χ3n) is 4.20. The predicted octanol–water partition coefficient (Wildman–Crippen LogP) is 1.56. The largest absolute Gasteiger partial charge is 0.375 e. The fourth-order valence-corrected chi connectivity index (χ4v) is 4.00. The van der Waals surface area contributed by atoms with Gasteiger partial charge in [0.2, 0.25) is 5.91 Å². The van der Waals surface area contributed by atoms with Crippen LogP contribution in [0.5, 0.6) is 0 Å². The van der Waals surface area contributed by atoms with Crippen LogP contribution in [0.15, 0.2) is 6.20 Å². The van der Waals surface area contributed by atoms with Crippen molar-refractivity contribution in [2.75, 3.05) is 31.9 Å². The number of carbonyl (C=O) groups is 1. The highest BCUT2D eigenvalue weighted by atomic mass is 32.1. The smallest absolute Gasteiger partial charge is 0.222 e. The van der Waals surface area contributed by atoms with Crippen molar-refractivity contribution in [3.05, 3.63) is 11.1 Å². The SMILES string of the molecule is Nc1ncc(CN2CCCC(CN3CCCC3=O)C2)s1. The number of aromatic nitrogens is 1. The quantitative estimate of drug-likeness (QED) is 0.915. The maximum atomic E-state index is 11.7. The van der Waals surface area contributed by atoms with Crippen molar-refractivity contribution in [2.45, 2.75) is 32.2 Å². The minimum atomic E-state index is 0.345. The highest BCUT2D eigenvalue weighted by molar-refractivity contribution is 7.15. The van der Waals surface area contributed by atoms with Gasteiger partial charge in [0, 0.05) is 43.7 Å². The average Bonchev–Trinajstić information content (AvgIpc) is 3.00. The van der Waals surface area contributed by atoms with Crippen LogP contribution in [0, 0.1) is 5.92 Å². The minimum Gasteiger partial charge on any atom is -0.375 e. The van der Waals surface area contributed by atoms with Crippen LogP contribution in [0.2, 0.25) is 0 Å². The van der Waals surface area contributed by atoms with Crippen molar-refractivity contribution < 1.29 is 4.79 Å². The van der Waals surface area contributed by atoms with Crippen LogP contribution < -0.4 is 5.73 Å². The fourth-order valence-electron chi connectivity index (χ4n) is 3.27. The number of likely N-dealkylation sites (tertiary alicyclic amines) is 2. The summed E-state index contributed by atoms with van der Waals surface area (Å²) in [5.74, 6) is 0.966.